The van der Waals surface area contributed by atoms with Crippen LogP contribution in [0.2, 0.25) is 0 Å². The molecule has 0 saturated heterocycles. The lowest BCUT2D eigenvalue weighted by atomic mass is 10.1. The van der Waals surface area contributed by atoms with Gasteiger partial charge in [-0.05, 0) is 35.0 Å². The van der Waals surface area contributed by atoms with E-state index in [9.17, 15) is 9.59 Å². The van der Waals surface area contributed by atoms with Crippen LogP contribution >= 0.6 is 0 Å². The average molecular weight is 323 g/mol. The van der Waals surface area contributed by atoms with Crippen molar-refractivity contribution in [3.8, 4) is 5.69 Å². The quantitative estimate of drug-likeness (QED) is 0.761. The molecule has 2 aromatic carbocycles. The van der Waals surface area contributed by atoms with E-state index in [1.165, 1.54) is 0 Å². The van der Waals surface area contributed by atoms with Gasteiger partial charge in [0.1, 0.15) is 6.54 Å². The van der Waals surface area contributed by atoms with Crippen molar-refractivity contribution in [3.05, 3.63) is 76.2 Å². The Morgan fingerprint density at radius 3 is 2.46 bits per heavy atom. The first kappa shape index (κ1) is 15.7. The summed E-state index contributed by atoms with van der Waals surface area (Å²) < 4.78 is 2.20. The van der Waals surface area contributed by atoms with E-state index in [-0.39, 0.29) is 12.5 Å². The van der Waals surface area contributed by atoms with E-state index in [0.29, 0.717) is 12.2 Å². The fourth-order valence-electron chi connectivity index (χ4n) is 2.20. The smallest absolute Gasteiger partial charge is 0.350 e. The summed E-state index contributed by atoms with van der Waals surface area (Å²) in [6, 6.07) is 16.8. The molecule has 0 aliphatic rings. The molecule has 122 valence electrons. The highest BCUT2D eigenvalue weighted by Crippen LogP contribution is 2.02. The zero-order valence-electron chi connectivity index (χ0n) is 13.2. The van der Waals surface area contributed by atoms with Crippen LogP contribution in [0, 0.1) is 6.92 Å². The third-order valence-corrected chi connectivity index (χ3v) is 3.54. The molecule has 0 bridgehead atoms. The number of para-hydroxylation sites is 1. The molecule has 0 radical (unpaired) electrons. The van der Waals surface area contributed by atoms with Gasteiger partial charge < -0.3 is 5.32 Å². The van der Waals surface area contributed by atoms with Crippen LogP contribution in [0.15, 0.2) is 59.4 Å². The lowest BCUT2D eigenvalue weighted by Crippen LogP contribution is -2.33. The molecule has 1 amide bonds. The first-order valence-corrected chi connectivity index (χ1v) is 7.54. The van der Waals surface area contributed by atoms with Gasteiger partial charge in [0.2, 0.25) is 5.91 Å². The Morgan fingerprint density at radius 2 is 1.75 bits per heavy atom. The summed E-state index contributed by atoms with van der Waals surface area (Å²) >= 11 is 0. The second-order valence-corrected chi connectivity index (χ2v) is 5.43. The van der Waals surface area contributed by atoms with E-state index in [0.717, 1.165) is 20.5 Å². The Labute approximate surface area is 138 Å². The van der Waals surface area contributed by atoms with Gasteiger partial charge in [-0.2, -0.15) is 9.36 Å². The SMILES string of the molecule is Cc1ccc(CNC(=O)Cn2nnn(-c3ccccc3)c2=O)cc1. The van der Waals surface area contributed by atoms with Crippen LogP contribution < -0.4 is 11.0 Å². The predicted octanol–water partition coefficient (Wildman–Crippen LogP) is 1.05. The van der Waals surface area contributed by atoms with Crippen LogP contribution in [0.25, 0.3) is 5.69 Å². The first-order valence-electron chi connectivity index (χ1n) is 7.54. The number of carbonyl (C=O) groups is 1. The molecule has 0 spiro atoms. The van der Waals surface area contributed by atoms with Gasteiger partial charge in [0.25, 0.3) is 0 Å². The molecule has 1 N–H and O–H groups in total. The van der Waals surface area contributed by atoms with Gasteiger partial charge in [0.05, 0.1) is 5.69 Å². The second-order valence-electron chi connectivity index (χ2n) is 5.43. The highest BCUT2D eigenvalue weighted by molar-refractivity contribution is 5.75. The molecule has 7 nitrogen and oxygen atoms in total. The number of hydrogen-bond donors (Lipinski definition) is 1. The van der Waals surface area contributed by atoms with E-state index in [4.69, 9.17) is 0 Å². The van der Waals surface area contributed by atoms with Gasteiger partial charge in [0.15, 0.2) is 0 Å². The third kappa shape index (κ3) is 3.57. The van der Waals surface area contributed by atoms with Crippen molar-refractivity contribution in [1.29, 1.82) is 0 Å². The van der Waals surface area contributed by atoms with Crippen LogP contribution in [-0.2, 0) is 17.9 Å². The van der Waals surface area contributed by atoms with Gasteiger partial charge in [-0.15, -0.1) is 0 Å². The zero-order valence-corrected chi connectivity index (χ0v) is 13.2. The summed E-state index contributed by atoms with van der Waals surface area (Å²) in [4.78, 5) is 24.2. The molecule has 3 rings (SSSR count). The molecule has 0 fully saturated rings. The molecule has 24 heavy (non-hydrogen) atoms. The Hall–Kier alpha value is -3.22. The number of hydrogen-bond acceptors (Lipinski definition) is 4. The maximum Gasteiger partial charge on any atom is 0.368 e. The van der Waals surface area contributed by atoms with Crippen LogP contribution in [-0.4, -0.2) is 25.7 Å². The Bertz CT molecular complexity index is 881. The number of aromatic nitrogens is 4. The number of rotatable bonds is 5. The summed E-state index contributed by atoms with van der Waals surface area (Å²) in [5, 5.41) is 10.3. The Balaban J connectivity index is 1.64. The lowest BCUT2D eigenvalue weighted by Gasteiger charge is -2.05. The standard InChI is InChI=1S/C17H17N5O2/c1-13-7-9-14(10-8-13)11-18-16(23)12-21-17(24)22(20-19-21)15-5-3-2-4-6-15/h2-10H,11-12H2,1H3,(H,18,23). The number of aryl methyl sites for hydroxylation is 1. The number of tetrazole rings is 1. The highest BCUT2D eigenvalue weighted by atomic mass is 16.2. The van der Waals surface area contributed by atoms with E-state index in [1.807, 2.05) is 37.3 Å². The Kier molecular flexibility index (Phi) is 4.51. The monoisotopic (exact) mass is 323 g/mol. The minimum atomic E-state index is -0.452. The minimum absolute atomic E-state index is 0.169. The summed E-state index contributed by atoms with van der Waals surface area (Å²) in [7, 11) is 0. The molecular weight excluding hydrogens is 306 g/mol. The maximum absolute atomic E-state index is 12.2. The number of nitrogens with one attached hydrogen (secondary N) is 1. The van der Waals surface area contributed by atoms with Gasteiger partial charge in [-0.3, -0.25) is 4.79 Å². The third-order valence-electron chi connectivity index (χ3n) is 3.54. The minimum Gasteiger partial charge on any atom is -0.350 e. The molecule has 0 aliphatic carbocycles. The summed E-state index contributed by atoms with van der Waals surface area (Å²) in [5.41, 5.74) is 2.31. The number of benzene rings is 2. The molecule has 0 atom stereocenters. The molecule has 7 heteroatoms. The number of carbonyl (C=O) groups excluding carboxylic acids is 1. The molecule has 3 aromatic rings. The van der Waals surface area contributed by atoms with Crippen LogP contribution in [0.4, 0.5) is 0 Å². The van der Waals surface area contributed by atoms with Crippen molar-refractivity contribution < 1.29 is 4.79 Å². The fraction of sp³-hybridized carbons (Fsp3) is 0.176. The van der Waals surface area contributed by atoms with Gasteiger partial charge in [-0.1, -0.05) is 48.0 Å². The Morgan fingerprint density at radius 1 is 1.04 bits per heavy atom. The van der Waals surface area contributed by atoms with Gasteiger partial charge in [0, 0.05) is 6.54 Å². The van der Waals surface area contributed by atoms with E-state index >= 15 is 0 Å². The maximum atomic E-state index is 12.2. The lowest BCUT2D eigenvalue weighted by molar-refractivity contribution is -0.122. The molecule has 0 aliphatic heterocycles. The van der Waals surface area contributed by atoms with Crippen molar-refractivity contribution in [3.63, 3.8) is 0 Å². The van der Waals surface area contributed by atoms with E-state index < -0.39 is 5.69 Å². The topological polar surface area (TPSA) is 81.8 Å². The molecule has 1 aromatic heterocycles. The normalized spacial score (nSPS) is 10.5. The van der Waals surface area contributed by atoms with E-state index in [2.05, 4.69) is 15.7 Å². The van der Waals surface area contributed by atoms with Crippen molar-refractivity contribution in [1.82, 2.24) is 25.1 Å². The van der Waals surface area contributed by atoms with Crippen molar-refractivity contribution in [2.75, 3.05) is 0 Å². The summed E-state index contributed by atoms with van der Waals surface area (Å²) in [6.07, 6.45) is 0. The molecule has 1 heterocycles. The summed E-state index contributed by atoms with van der Waals surface area (Å²) in [5.74, 6) is -0.294. The van der Waals surface area contributed by atoms with Crippen molar-refractivity contribution in [2.24, 2.45) is 0 Å². The molecular formula is C17H17N5O2. The largest absolute Gasteiger partial charge is 0.368 e. The van der Waals surface area contributed by atoms with Crippen molar-refractivity contribution >= 4 is 5.91 Å². The average Bonchev–Trinajstić information content (AvgIpc) is 2.96. The van der Waals surface area contributed by atoms with Crippen LogP contribution in [0.3, 0.4) is 0 Å². The second kappa shape index (κ2) is 6.91. The van der Waals surface area contributed by atoms with Gasteiger partial charge >= 0.3 is 5.69 Å². The molecule has 0 saturated carbocycles. The number of nitrogens with zero attached hydrogens (tertiary/aromatic N) is 4. The molecule has 0 unspecified atom stereocenters. The van der Waals surface area contributed by atoms with Gasteiger partial charge in [-0.25, -0.2) is 4.79 Å². The zero-order chi connectivity index (χ0) is 16.9. The summed E-state index contributed by atoms with van der Waals surface area (Å²) in [6.45, 7) is 2.24. The van der Waals surface area contributed by atoms with Crippen LogP contribution in [0.1, 0.15) is 11.1 Å². The first-order chi connectivity index (χ1) is 11.6. The highest BCUT2D eigenvalue weighted by Gasteiger charge is 2.11. The number of amides is 1. The predicted molar refractivity (Wildman–Crippen MR) is 88.6 cm³/mol. The van der Waals surface area contributed by atoms with Crippen molar-refractivity contribution in [2.45, 2.75) is 20.0 Å². The van der Waals surface area contributed by atoms with Crippen LogP contribution in [0.5, 0.6) is 0 Å². The van der Waals surface area contributed by atoms with E-state index in [1.54, 1.807) is 24.3 Å². The fourth-order valence-corrected chi connectivity index (χ4v) is 2.20.